The number of hydrogen-bond donors (Lipinski definition) is 0. The molecule has 0 radical (unpaired) electrons. The second kappa shape index (κ2) is 11.6. The fraction of sp³-hybridized carbons (Fsp3) is 0.550. The molecule has 0 aliphatic carbocycles. The molecule has 23 heavy (non-hydrogen) atoms. The third-order valence-electron chi connectivity index (χ3n) is 3.72. The highest BCUT2D eigenvalue weighted by Crippen LogP contribution is 2.22. The van der Waals surface area contributed by atoms with E-state index < -0.39 is 0 Å². The highest BCUT2D eigenvalue weighted by molar-refractivity contribution is 5.71. The second-order valence-electron chi connectivity index (χ2n) is 5.56. The number of methoxy groups -OCH3 is 1. The van der Waals surface area contributed by atoms with Gasteiger partial charge in [-0.15, -0.1) is 5.92 Å². The van der Waals surface area contributed by atoms with Crippen molar-refractivity contribution in [3.8, 4) is 17.6 Å². The maximum absolute atomic E-state index is 11.5. The van der Waals surface area contributed by atoms with Crippen molar-refractivity contribution in [3.63, 3.8) is 0 Å². The van der Waals surface area contributed by atoms with Crippen molar-refractivity contribution in [3.05, 3.63) is 29.8 Å². The fourth-order valence-electron chi connectivity index (χ4n) is 2.37. The van der Waals surface area contributed by atoms with Crippen LogP contribution in [0.3, 0.4) is 0 Å². The predicted molar refractivity (Wildman–Crippen MR) is 93.5 cm³/mol. The molecule has 0 unspecified atom stereocenters. The maximum Gasteiger partial charge on any atom is 0.307 e. The summed E-state index contributed by atoms with van der Waals surface area (Å²) in [4.78, 5) is 11.5. The summed E-state index contributed by atoms with van der Waals surface area (Å²) in [5.41, 5.74) is 1.01. The highest BCUT2D eigenvalue weighted by Gasteiger charge is 2.14. The van der Waals surface area contributed by atoms with E-state index in [-0.39, 0.29) is 18.3 Å². The lowest BCUT2D eigenvalue weighted by molar-refractivity contribution is -0.140. The zero-order chi connectivity index (χ0) is 16.9. The lowest BCUT2D eigenvalue weighted by Crippen LogP contribution is -2.07. The van der Waals surface area contributed by atoms with Gasteiger partial charge in [-0.1, -0.05) is 50.7 Å². The molecule has 1 aromatic rings. The summed E-state index contributed by atoms with van der Waals surface area (Å²) in [5, 5.41) is 0. The SMILES string of the molecule is CC#C[C@@H](CC(=O)OC)c1ccc(OCCCCCCC)cc1. The molecule has 0 aliphatic rings. The zero-order valence-corrected chi connectivity index (χ0v) is 14.6. The lowest BCUT2D eigenvalue weighted by atomic mass is 9.96. The molecular formula is C20H28O3. The topological polar surface area (TPSA) is 35.5 Å². The van der Waals surface area contributed by atoms with Gasteiger partial charge in [-0.25, -0.2) is 0 Å². The standard InChI is InChI=1S/C20H28O3/c1-4-6-7-8-9-15-23-19-13-11-17(12-14-19)18(10-5-2)16-20(21)22-3/h11-14,18H,4,6-9,15-16H2,1-3H3/t18-/m0/s1. The molecule has 0 spiro atoms. The quantitative estimate of drug-likeness (QED) is 0.356. The van der Waals surface area contributed by atoms with Gasteiger partial charge in [-0.2, -0.15) is 0 Å². The molecule has 0 saturated carbocycles. The third kappa shape index (κ3) is 7.74. The maximum atomic E-state index is 11.5. The number of rotatable bonds is 10. The van der Waals surface area contributed by atoms with Crippen LogP contribution < -0.4 is 4.74 Å². The van der Waals surface area contributed by atoms with Gasteiger partial charge in [0.15, 0.2) is 0 Å². The Morgan fingerprint density at radius 1 is 1.13 bits per heavy atom. The Morgan fingerprint density at radius 3 is 2.43 bits per heavy atom. The number of hydrogen-bond acceptors (Lipinski definition) is 3. The van der Waals surface area contributed by atoms with Crippen molar-refractivity contribution in [2.45, 2.75) is 58.3 Å². The highest BCUT2D eigenvalue weighted by atomic mass is 16.5. The summed E-state index contributed by atoms with van der Waals surface area (Å²) in [6.07, 6.45) is 6.43. The molecule has 1 atom stereocenters. The molecule has 1 rings (SSSR count). The Balaban J connectivity index is 2.49. The Hall–Kier alpha value is -1.95. The molecule has 0 amide bonds. The lowest BCUT2D eigenvalue weighted by Gasteiger charge is -2.11. The Kier molecular flexibility index (Phi) is 9.63. The van der Waals surface area contributed by atoms with Crippen LogP contribution in [-0.2, 0) is 9.53 Å². The van der Waals surface area contributed by atoms with Crippen LogP contribution in [0, 0.1) is 11.8 Å². The van der Waals surface area contributed by atoms with E-state index in [0.717, 1.165) is 24.3 Å². The number of esters is 1. The molecule has 0 bridgehead atoms. The van der Waals surface area contributed by atoms with E-state index >= 15 is 0 Å². The van der Waals surface area contributed by atoms with E-state index in [9.17, 15) is 4.79 Å². The van der Waals surface area contributed by atoms with E-state index in [1.807, 2.05) is 24.3 Å². The van der Waals surface area contributed by atoms with Crippen LogP contribution in [0.5, 0.6) is 5.75 Å². The van der Waals surface area contributed by atoms with Crippen LogP contribution in [0.15, 0.2) is 24.3 Å². The van der Waals surface area contributed by atoms with Crippen LogP contribution in [0.2, 0.25) is 0 Å². The first-order valence-electron chi connectivity index (χ1n) is 8.43. The number of carbonyl (C=O) groups is 1. The van der Waals surface area contributed by atoms with E-state index in [0.29, 0.717) is 0 Å². The molecule has 0 N–H and O–H groups in total. The number of ether oxygens (including phenoxy) is 2. The van der Waals surface area contributed by atoms with Crippen molar-refractivity contribution >= 4 is 5.97 Å². The Labute approximate surface area is 140 Å². The first kappa shape index (κ1) is 19.1. The average Bonchev–Trinajstić information content (AvgIpc) is 2.58. The van der Waals surface area contributed by atoms with Crippen molar-refractivity contribution < 1.29 is 14.3 Å². The summed E-state index contributed by atoms with van der Waals surface area (Å²) < 4.78 is 10.5. The molecule has 3 heteroatoms. The Morgan fingerprint density at radius 2 is 1.83 bits per heavy atom. The van der Waals surface area contributed by atoms with E-state index in [4.69, 9.17) is 9.47 Å². The predicted octanol–water partition coefficient (Wildman–Crippen LogP) is 4.71. The largest absolute Gasteiger partial charge is 0.494 e. The molecule has 0 aliphatic heterocycles. The first-order chi connectivity index (χ1) is 11.2. The minimum absolute atomic E-state index is 0.129. The van der Waals surface area contributed by atoms with Gasteiger partial charge in [0.2, 0.25) is 0 Å². The molecule has 0 saturated heterocycles. The molecular weight excluding hydrogens is 288 g/mol. The molecule has 126 valence electrons. The smallest absolute Gasteiger partial charge is 0.307 e. The number of unbranched alkanes of at least 4 members (excludes halogenated alkanes) is 4. The Bertz CT molecular complexity index is 508. The minimum atomic E-state index is -0.245. The minimum Gasteiger partial charge on any atom is -0.494 e. The van der Waals surface area contributed by atoms with Gasteiger partial charge in [0.05, 0.1) is 26.1 Å². The van der Waals surface area contributed by atoms with E-state index in [2.05, 4.69) is 18.8 Å². The average molecular weight is 316 g/mol. The fourth-order valence-corrected chi connectivity index (χ4v) is 2.37. The summed E-state index contributed by atoms with van der Waals surface area (Å²) in [6, 6.07) is 7.85. The monoisotopic (exact) mass is 316 g/mol. The summed E-state index contributed by atoms with van der Waals surface area (Å²) in [5.74, 6) is 6.44. The summed E-state index contributed by atoms with van der Waals surface area (Å²) in [7, 11) is 1.40. The molecule has 1 aromatic carbocycles. The first-order valence-corrected chi connectivity index (χ1v) is 8.43. The number of benzene rings is 1. The van der Waals surface area contributed by atoms with Crippen LogP contribution >= 0.6 is 0 Å². The molecule has 0 aromatic heterocycles. The summed E-state index contributed by atoms with van der Waals surface area (Å²) in [6.45, 7) is 4.75. The zero-order valence-electron chi connectivity index (χ0n) is 14.6. The van der Waals surface area contributed by atoms with E-state index in [1.165, 1.54) is 32.8 Å². The van der Waals surface area contributed by atoms with Crippen LogP contribution in [-0.4, -0.2) is 19.7 Å². The van der Waals surface area contributed by atoms with Crippen molar-refractivity contribution in [2.75, 3.05) is 13.7 Å². The van der Waals surface area contributed by atoms with Gasteiger partial charge >= 0.3 is 5.97 Å². The van der Waals surface area contributed by atoms with Crippen molar-refractivity contribution in [1.82, 2.24) is 0 Å². The van der Waals surface area contributed by atoms with Crippen molar-refractivity contribution in [2.24, 2.45) is 0 Å². The second-order valence-corrected chi connectivity index (χ2v) is 5.56. The van der Waals surface area contributed by atoms with Crippen molar-refractivity contribution in [1.29, 1.82) is 0 Å². The van der Waals surface area contributed by atoms with Crippen LogP contribution in [0.4, 0.5) is 0 Å². The summed E-state index contributed by atoms with van der Waals surface area (Å²) >= 11 is 0. The van der Waals surface area contributed by atoms with Gasteiger partial charge in [-0.3, -0.25) is 4.79 Å². The third-order valence-corrected chi connectivity index (χ3v) is 3.72. The van der Waals surface area contributed by atoms with Gasteiger partial charge in [0.1, 0.15) is 5.75 Å². The molecule has 3 nitrogen and oxygen atoms in total. The van der Waals surface area contributed by atoms with E-state index in [1.54, 1.807) is 6.92 Å². The van der Waals surface area contributed by atoms with Gasteiger partial charge in [0.25, 0.3) is 0 Å². The number of carbonyl (C=O) groups excluding carboxylic acids is 1. The normalized spacial score (nSPS) is 11.3. The van der Waals surface area contributed by atoms with Gasteiger partial charge in [-0.05, 0) is 31.0 Å². The molecule has 0 heterocycles. The molecule has 0 fully saturated rings. The van der Waals surface area contributed by atoms with Gasteiger partial charge < -0.3 is 9.47 Å². The van der Waals surface area contributed by atoms with Gasteiger partial charge in [0, 0.05) is 0 Å². The van der Waals surface area contributed by atoms with Crippen LogP contribution in [0.1, 0.15) is 63.9 Å². The van der Waals surface area contributed by atoms with Crippen LogP contribution in [0.25, 0.3) is 0 Å².